The van der Waals surface area contributed by atoms with Crippen LogP contribution in [-0.2, 0) is 0 Å². The SMILES string of the molecule is Fc1ccc([C@@H]2C[C@@H](c3ccc(F)cc3)n3ncnc3N2)cc1. The fourth-order valence-electron chi connectivity index (χ4n) is 3.00. The zero-order valence-corrected chi connectivity index (χ0v) is 12.2. The zero-order chi connectivity index (χ0) is 15.8. The molecule has 2 heterocycles. The lowest BCUT2D eigenvalue weighted by atomic mass is 9.93. The van der Waals surface area contributed by atoms with Gasteiger partial charge in [-0.25, -0.2) is 13.5 Å². The number of hydrogen-bond donors (Lipinski definition) is 1. The van der Waals surface area contributed by atoms with Crippen LogP contribution in [0.2, 0.25) is 0 Å². The van der Waals surface area contributed by atoms with E-state index in [1.807, 2.05) is 0 Å². The van der Waals surface area contributed by atoms with Crippen molar-refractivity contribution in [3.63, 3.8) is 0 Å². The van der Waals surface area contributed by atoms with E-state index >= 15 is 0 Å². The number of nitrogens with zero attached hydrogens (tertiary/aromatic N) is 3. The fourth-order valence-corrected chi connectivity index (χ4v) is 3.00. The Balaban J connectivity index is 1.71. The lowest BCUT2D eigenvalue weighted by molar-refractivity contribution is 0.430. The molecular weight excluding hydrogens is 298 g/mol. The zero-order valence-electron chi connectivity index (χ0n) is 12.2. The van der Waals surface area contributed by atoms with Crippen molar-refractivity contribution >= 4 is 5.95 Å². The third-order valence-corrected chi connectivity index (χ3v) is 4.16. The van der Waals surface area contributed by atoms with Crippen LogP contribution in [-0.4, -0.2) is 14.8 Å². The first kappa shape index (κ1) is 13.9. The van der Waals surface area contributed by atoms with Crippen LogP contribution in [0.15, 0.2) is 54.9 Å². The number of benzene rings is 2. The summed E-state index contributed by atoms with van der Waals surface area (Å²) in [6.45, 7) is 0. The van der Waals surface area contributed by atoms with E-state index < -0.39 is 0 Å². The Hall–Kier alpha value is -2.76. The Morgan fingerprint density at radius 3 is 2.17 bits per heavy atom. The van der Waals surface area contributed by atoms with Crippen LogP contribution >= 0.6 is 0 Å². The summed E-state index contributed by atoms with van der Waals surface area (Å²) in [6.07, 6.45) is 2.21. The van der Waals surface area contributed by atoms with Gasteiger partial charge in [-0.2, -0.15) is 10.1 Å². The van der Waals surface area contributed by atoms with Crippen molar-refractivity contribution in [1.82, 2.24) is 14.8 Å². The quantitative estimate of drug-likeness (QED) is 0.784. The highest BCUT2D eigenvalue weighted by molar-refractivity contribution is 5.38. The van der Waals surface area contributed by atoms with Gasteiger partial charge < -0.3 is 5.32 Å². The van der Waals surface area contributed by atoms with Gasteiger partial charge in [0, 0.05) is 0 Å². The van der Waals surface area contributed by atoms with Gasteiger partial charge in [0.1, 0.15) is 18.0 Å². The second-order valence-corrected chi connectivity index (χ2v) is 5.58. The van der Waals surface area contributed by atoms with Crippen LogP contribution in [0.1, 0.15) is 29.6 Å². The molecule has 6 heteroatoms. The number of nitrogens with one attached hydrogen (secondary N) is 1. The minimum atomic E-state index is -0.267. The standard InChI is InChI=1S/C17H14F2N4/c18-13-5-1-11(2-6-13)15-9-16(12-3-7-14(19)8-4-12)23-17(22-15)20-10-21-23/h1-8,10,15-16H,9H2,(H,20,21,22)/t15-,16-/m0/s1. The van der Waals surface area contributed by atoms with Crippen molar-refractivity contribution in [2.24, 2.45) is 0 Å². The molecule has 1 aromatic heterocycles. The molecule has 0 saturated carbocycles. The van der Waals surface area contributed by atoms with Crippen LogP contribution in [0.4, 0.5) is 14.7 Å². The monoisotopic (exact) mass is 312 g/mol. The van der Waals surface area contributed by atoms with E-state index in [2.05, 4.69) is 15.4 Å². The number of aromatic nitrogens is 3. The molecule has 0 bridgehead atoms. The lowest BCUT2D eigenvalue weighted by Gasteiger charge is -2.31. The maximum Gasteiger partial charge on any atom is 0.222 e. The summed E-state index contributed by atoms with van der Waals surface area (Å²) in [5.74, 6) is 0.124. The van der Waals surface area contributed by atoms with Gasteiger partial charge in [0.2, 0.25) is 5.95 Å². The molecule has 1 aliphatic heterocycles. The van der Waals surface area contributed by atoms with E-state index in [1.54, 1.807) is 28.9 Å². The largest absolute Gasteiger partial charge is 0.348 e. The van der Waals surface area contributed by atoms with Crippen molar-refractivity contribution < 1.29 is 8.78 Å². The molecule has 2 aromatic carbocycles. The van der Waals surface area contributed by atoms with Crippen LogP contribution in [0.25, 0.3) is 0 Å². The van der Waals surface area contributed by atoms with Crippen LogP contribution in [0, 0.1) is 11.6 Å². The summed E-state index contributed by atoms with van der Waals surface area (Å²) in [5, 5.41) is 7.59. The minimum absolute atomic E-state index is 0.0117. The Bertz CT molecular complexity index is 811. The van der Waals surface area contributed by atoms with E-state index in [-0.39, 0.29) is 23.7 Å². The first-order chi connectivity index (χ1) is 11.2. The van der Waals surface area contributed by atoms with Crippen molar-refractivity contribution in [1.29, 1.82) is 0 Å². The number of fused-ring (bicyclic) bond motifs is 1. The molecule has 4 rings (SSSR count). The Morgan fingerprint density at radius 2 is 1.52 bits per heavy atom. The average Bonchev–Trinajstić information content (AvgIpc) is 3.04. The van der Waals surface area contributed by atoms with E-state index in [9.17, 15) is 8.78 Å². The highest BCUT2D eigenvalue weighted by Gasteiger charge is 2.29. The summed E-state index contributed by atoms with van der Waals surface area (Å²) in [5.41, 5.74) is 1.94. The third kappa shape index (κ3) is 2.56. The molecule has 116 valence electrons. The van der Waals surface area contributed by atoms with Gasteiger partial charge in [0.25, 0.3) is 0 Å². The van der Waals surface area contributed by atoms with Gasteiger partial charge in [0.15, 0.2) is 0 Å². The fraction of sp³-hybridized carbons (Fsp3) is 0.176. The van der Waals surface area contributed by atoms with Gasteiger partial charge in [0.05, 0.1) is 12.1 Å². The number of hydrogen-bond acceptors (Lipinski definition) is 3. The lowest BCUT2D eigenvalue weighted by Crippen LogP contribution is -2.28. The molecule has 2 atom stereocenters. The minimum Gasteiger partial charge on any atom is -0.348 e. The molecule has 3 aromatic rings. The smallest absolute Gasteiger partial charge is 0.222 e. The van der Waals surface area contributed by atoms with Crippen LogP contribution in [0.3, 0.4) is 0 Å². The average molecular weight is 312 g/mol. The highest BCUT2D eigenvalue weighted by Crippen LogP contribution is 2.37. The Labute approximate surface area is 131 Å². The van der Waals surface area contributed by atoms with Crippen molar-refractivity contribution in [2.75, 3.05) is 5.32 Å². The van der Waals surface area contributed by atoms with E-state index in [4.69, 9.17) is 0 Å². The molecule has 0 unspecified atom stereocenters. The predicted octanol–water partition coefficient (Wildman–Crippen LogP) is 3.70. The summed E-state index contributed by atoms with van der Waals surface area (Å²) in [7, 11) is 0. The first-order valence-corrected chi connectivity index (χ1v) is 7.38. The summed E-state index contributed by atoms with van der Waals surface area (Å²) >= 11 is 0. The first-order valence-electron chi connectivity index (χ1n) is 7.38. The molecule has 0 amide bonds. The maximum atomic E-state index is 13.2. The molecule has 23 heavy (non-hydrogen) atoms. The normalized spacial score (nSPS) is 19.9. The van der Waals surface area contributed by atoms with E-state index in [1.165, 1.54) is 30.6 Å². The molecule has 0 aliphatic carbocycles. The molecule has 0 saturated heterocycles. The van der Waals surface area contributed by atoms with Crippen molar-refractivity contribution in [3.8, 4) is 0 Å². The van der Waals surface area contributed by atoms with E-state index in [0.29, 0.717) is 12.4 Å². The third-order valence-electron chi connectivity index (χ3n) is 4.16. The highest BCUT2D eigenvalue weighted by atomic mass is 19.1. The van der Waals surface area contributed by atoms with Gasteiger partial charge in [-0.3, -0.25) is 0 Å². The van der Waals surface area contributed by atoms with Gasteiger partial charge in [-0.1, -0.05) is 24.3 Å². The van der Waals surface area contributed by atoms with Crippen LogP contribution in [0.5, 0.6) is 0 Å². The summed E-state index contributed by atoms with van der Waals surface area (Å²) in [4.78, 5) is 4.24. The molecule has 1 N–H and O–H groups in total. The topological polar surface area (TPSA) is 42.7 Å². The van der Waals surface area contributed by atoms with Gasteiger partial charge in [-0.15, -0.1) is 0 Å². The van der Waals surface area contributed by atoms with Gasteiger partial charge in [-0.05, 0) is 41.8 Å². The van der Waals surface area contributed by atoms with Crippen molar-refractivity contribution in [2.45, 2.75) is 18.5 Å². The number of halogens is 2. The second kappa shape index (κ2) is 5.46. The molecular formula is C17H14F2N4. The Morgan fingerprint density at radius 1 is 0.913 bits per heavy atom. The summed E-state index contributed by atoms with van der Waals surface area (Å²) in [6, 6.07) is 12.8. The van der Waals surface area contributed by atoms with Crippen LogP contribution < -0.4 is 5.32 Å². The molecule has 0 spiro atoms. The second-order valence-electron chi connectivity index (χ2n) is 5.58. The molecule has 4 nitrogen and oxygen atoms in total. The van der Waals surface area contributed by atoms with Gasteiger partial charge >= 0.3 is 0 Å². The predicted molar refractivity (Wildman–Crippen MR) is 81.9 cm³/mol. The molecule has 0 fully saturated rings. The summed E-state index contributed by atoms with van der Waals surface area (Å²) < 4.78 is 28.1. The Kier molecular flexibility index (Phi) is 3.29. The van der Waals surface area contributed by atoms with Crippen molar-refractivity contribution in [3.05, 3.63) is 77.6 Å². The maximum absolute atomic E-state index is 13.2. The number of anilines is 1. The number of rotatable bonds is 2. The van der Waals surface area contributed by atoms with E-state index in [0.717, 1.165) is 11.1 Å². The molecule has 0 radical (unpaired) electrons. The molecule has 1 aliphatic rings.